The second-order valence-corrected chi connectivity index (χ2v) is 5.47. The van der Waals surface area contributed by atoms with Crippen LogP contribution in [0.5, 0.6) is 0 Å². The van der Waals surface area contributed by atoms with Gasteiger partial charge >= 0.3 is 0 Å². The van der Waals surface area contributed by atoms with E-state index >= 15 is 0 Å². The Hall–Kier alpha value is -1.39. The number of amides is 1. The van der Waals surface area contributed by atoms with E-state index in [4.69, 9.17) is 0 Å². The lowest BCUT2D eigenvalue weighted by atomic mass is 10.2. The first-order chi connectivity index (χ1) is 9.69. The van der Waals surface area contributed by atoms with E-state index in [9.17, 15) is 4.79 Å². The number of benzene rings is 1. The molecule has 0 atom stereocenters. The Morgan fingerprint density at radius 1 is 1.15 bits per heavy atom. The van der Waals surface area contributed by atoms with Gasteiger partial charge in [0.15, 0.2) is 0 Å². The molecule has 0 unspecified atom stereocenters. The minimum absolute atomic E-state index is 0.249. The number of likely N-dealkylation sites (N-methyl/N-ethyl adjacent to an activating group) is 2. The molecule has 4 nitrogen and oxygen atoms in total. The van der Waals surface area contributed by atoms with Crippen molar-refractivity contribution in [1.82, 2.24) is 14.7 Å². The molecule has 1 aliphatic heterocycles. The molecule has 0 saturated carbocycles. The highest BCUT2D eigenvalue weighted by Crippen LogP contribution is 2.05. The van der Waals surface area contributed by atoms with Crippen molar-refractivity contribution in [2.24, 2.45) is 0 Å². The first kappa shape index (κ1) is 15.0. The predicted octanol–water partition coefficient (Wildman–Crippen LogP) is 1.28. The Morgan fingerprint density at radius 3 is 2.40 bits per heavy atom. The summed E-state index contributed by atoms with van der Waals surface area (Å²) in [6.07, 6.45) is 0. The fourth-order valence-electron chi connectivity index (χ4n) is 2.60. The fraction of sp³-hybridized carbons (Fsp3) is 0.562. The summed E-state index contributed by atoms with van der Waals surface area (Å²) in [6, 6.07) is 10.3. The summed E-state index contributed by atoms with van der Waals surface area (Å²) in [4.78, 5) is 18.7. The number of rotatable bonds is 5. The highest BCUT2D eigenvalue weighted by Gasteiger charge is 2.20. The standard InChI is InChI=1S/C16H25N3O/c1-3-18-9-11-19(12-10-18)16(20)14-17(2)13-15-7-5-4-6-8-15/h4-8H,3,9-14H2,1-2H3. The number of hydrogen-bond acceptors (Lipinski definition) is 3. The number of nitrogens with zero attached hydrogens (tertiary/aromatic N) is 3. The monoisotopic (exact) mass is 275 g/mol. The van der Waals surface area contributed by atoms with Crippen LogP contribution in [-0.2, 0) is 11.3 Å². The van der Waals surface area contributed by atoms with Crippen LogP contribution in [0.2, 0.25) is 0 Å². The molecule has 20 heavy (non-hydrogen) atoms. The van der Waals surface area contributed by atoms with E-state index in [0.29, 0.717) is 6.54 Å². The van der Waals surface area contributed by atoms with Gasteiger partial charge < -0.3 is 9.80 Å². The highest BCUT2D eigenvalue weighted by molar-refractivity contribution is 5.78. The lowest BCUT2D eigenvalue weighted by molar-refractivity contribution is -0.133. The molecule has 2 rings (SSSR count). The van der Waals surface area contributed by atoms with Crippen molar-refractivity contribution in [2.75, 3.05) is 46.3 Å². The number of piperazine rings is 1. The summed E-state index contributed by atoms with van der Waals surface area (Å²) >= 11 is 0. The quantitative estimate of drug-likeness (QED) is 0.810. The summed E-state index contributed by atoms with van der Waals surface area (Å²) < 4.78 is 0. The normalized spacial score (nSPS) is 16.6. The van der Waals surface area contributed by atoms with Gasteiger partial charge in [0.25, 0.3) is 0 Å². The summed E-state index contributed by atoms with van der Waals surface area (Å²) in [6.45, 7) is 8.32. The van der Waals surface area contributed by atoms with E-state index in [-0.39, 0.29) is 5.91 Å². The van der Waals surface area contributed by atoms with Crippen LogP contribution in [0.15, 0.2) is 30.3 Å². The van der Waals surface area contributed by atoms with Crippen molar-refractivity contribution in [2.45, 2.75) is 13.5 Å². The molecule has 110 valence electrons. The highest BCUT2D eigenvalue weighted by atomic mass is 16.2. The van der Waals surface area contributed by atoms with Gasteiger partial charge in [-0.05, 0) is 19.2 Å². The average Bonchev–Trinajstić information content (AvgIpc) is 2.48. The molecule has 4 heteroatoms. The molecular formula is C16H25N3O. The number of carbonyl (C=O) groups is 1. The van der Waals surface area contributed by atoms with Crippen LogP contribution in [0.1, 0.15) is 12.5 Å². The zero-order chi connectivity index (χ0) is 14.4. The fourth-order valence-corrected chi connectivity index (χ4v) is 2.60. The molecule has 1 aromatic carbocycles. The predicted molar refractivity (Wildman–Crippen MR) is 81.5 cm³/mol. The topological polar surface area (TPSA) is 26.8 Å². The molecule has 1 amide bonds. The number of hydrogen-bond donors (Lipinski definition) is 0. The van der Waals surface area contributed by atoms with Gasteiger partial charge in [0.2, 0.25) is 5.91 Å². The molecule has 1 heterocycles. The second-order valence-electron chi connectivity index (χ2n) is 5.47. The minimum atomic E-state index is 0.249. The zero-order valence-corrected chi connectivity index (χ0v) is 12.6. The van der Waals surface area contributed by atoms with Crippen LogP contribution in [0.3, 0.4) is 0 Å². The van der Waals surface area contributed by atoms with Crippen LogP contribution in [-0.4, -0.2) is 66.9 Å². The van der Waals surface area contributed by atoms with Gasteiger partial charge in [-0.1, -0.05) is 37.3 Å². The molecule has 1 aliphatic rings. The smallest absolute Gasteiger partial charge is 0.236 e. The molecule has 0 radical (unpaired) electrons. The zero-order valence-electron chi connectivity index (χ0n) is 12.6. The third kappa shape index (κ3) is 4.32. The maximum Gasteiger partial charge on any atom is 0.236 e. The first-order valence-electron chi connectivity index (χ1n) is 7.41. The molecule has 1 saturated heterocycles. The van der Waals surface area contributed by atoms with E-state index < -0.39 is 0 Å². The second kappa shape index (κ2) is 7.41. The van der Waals surface area contributed by atoms with E-state index in [1.807, 2.05) is 30.1 Å². The average molecular weight is 275 g/mol. The van der Waals surface area contributed by atoms with Gasteiger partial charge in [0.1, 0.15) is 0 Å². The Labute approximate surface area is 122 Å². The lowest BCUT2D eigenvalue weighted by Crippen LogP contribution is -2.50. The van der Waals surface area contributed by atoms with Crippen molar-refractivity contribution in [3.8, 4) is 0 Å². The summed E-state index contributed by atoms with van der Waals surface area (Å²) in [5.74, 6) is 0.249. The van der Waals surface area contributed by atoms with Crippen molar-refractivity contribution in [1.29, 1.82) is 0 Å². The third-order valence-corrected chi connectivity index (χ3v) is 3.87. The maximum atomic E-state index is 12.3. The van der Waals surface area contributed by atoms with Gasteiger partial charge in [-0.25, -0.2) is 0 Å². The molecule has 0 bridgehead atoms. The van der Waals surface area contributed by atoms with Gasteiger partial charge in [-0.15, -0.1) is 0 Å². The van der Waals surface area contributed by atoms with Gasteiger partial charge in [-0.2, -0.15) is 0 Å². The van der Waals surface area contributed by atoms with E-state index in [1.54, 1.807) is 0 Å². The van der Waals surface area contributed by atoms with Gasteiger partial charge in [0.05, 0.1) is 6.54 Å². The Morgan fingerprint density at radius 2 is 1.80 bits per heavy atom. The van der Waals surface area contributed by atoms with E-state index in [1.165, 1.54) is 5.56 Å². The van der Waals surface area contributed by atoms with E-state index in [0.717, 1.165) is 39.3 Å². The van der Waals surface area contributed by atoms with Crippen molar-refractivity contribution >= 4 is 5.91 Å². The lowest BCUT2D eigenvalue weighted by Gasteiger charge is -2.34. The molecule has 1 aromatic rings. The summed E-state index contributed by atoms with van der Waals surface area (Å²) in [7, 11) is 2.01. The molecule has 0 spiro atoms. The van der Waals surface area contributed by atoms with Crippen LogP contribution in [0.25, 0.3) is 0 Å². The van der Waals surface area contributed by atoms with Crippen LogP contribution in [0.4, 0.5) is 0 Å². The van der Waals surface area contributed by atoms with Crippen molar-refractivity contribution < 1.29 is 4.79 Å². The van der Waals surface area contributed by atoms with Gasteiger partial charge in [0, 0.05) is 32.7 Å². The first-order valence-corrected chi connectivity index (χ1v) is 7.41. The Bertz CT molecular complexity index is 413. The molecule has 0 aromatic heterocycles. The molecule has 1 fully saturated rings. The third-order valence-electron chi connectivity index (χ3n) is 3.87. The molecule has 0 aliphatic carbocycles. The molecular weight excluding hydrogens is 250 g/mol. The van der Waals surface area contributed by atoms with Crippen molar-refractivity contribution in [3.63, 3.8) is 0 Å². The summed E-state index contributed by atoms with van der Waals surface area (Å²) in [5, 5.41) is 0. The Balaban J connectivity index is 1.77. The minimum Gasteiger partial charge on any atom is -0.339 e. The SMILES string of the molecule is CCN1CCN(C(=O)CN(C)Cc2ccccc2)CC1. The van der Waals surface area contributed by atoms with Crippen molar-refractivity contribution in [3.05, 3.63) is 35.9 Å². The maximum absolute atomic E-state index is 12.3. The molecule has 0 N–H and O–H groups in total. The van der Waals surface area contributed by atoms with Crippen LogP contribution >= 0.6 is 0 Å². The van der Waals surface area contributed by atoms with Crippen LogP contribution in [0, 0.1) is 0 Å². The Kier molecular flexibility index (Phi) is 5.56. The van der Waals surface area contributed by atoms with E-state index in [2.05, 4.69) is 28.9 Å². The largest absolute Gasteiger partial charge is 0.339 e. The number of carbonyl (C=O) groups excluding carboxylic acids is 1. The van der Waals surface area contributed by atoms with Gasteiger partial charge in [-0.3, -0.25) is 9.69 Å². The summed E-state index contributed by atoms with van der Waals surface area (Å²) in [5.41, 5.74) is 1.25. The van der Waals surface area contributed by atoms with Crippen LogP contribution < -0.4 is 0 Å².